The molecule has 4 atom stereocenters. The largest absolute Gasteiger partial charge is 0.348 e. The number of Topliss-reactive ketones (excluding diaryl/α,β-unsaturated/α-hetero) is 1. The highest BCUT2D eigenvalue weighted by Gasteiger charge is 2.48. The summed E-state index contributed by atoms with van der Waals surface area (Å²) in [5, 5.41) is 6.37. The third-order valence-corrected chi connectivity index (χ3v) is 4.28. The molecule has 2 aliphatic rings. The number of amides is 1. The fourth-order valence-electron chi connectivity index (χ4n) is 3.43. The smallest absolute Gasteiger partial charge is 0.232 e. The fraction of sp³-hybridized carbons (Fsp3) is 0.467. The van der Waals surface area contributed by atoms with Crippen molar-refractivity contribution >= 4 is 11.7 Å². The normalized spacial score (nSPS) is 33.6. The van der Waals surface area contributed by atoms with E-state index in [1.165, 1.54) is 6.92 Å². The first kappa shape index (κ1) is 12.4. The molecule has 19 heavy (non-hydrogen) atoms. The predicted octanol–water partition coefficient (Wildman–Crippen LogP) is 1.04. The number of hydrogen-bond acceptors (Lipinski definition) is 3. The molecular formula is C15H18N2O2. The molecule has 0 bridgehead atoms. The molecule has 0 spiro atoms. The van der Waals surface area contributed by atoms with Crippen LogP contribution in [0.25, 0.3) is 0 Å². The summed E-state index contributed by atoms with van der Waals surface area (Å²) in [5.41, 5.74) is 1.12. The van der Waals surface area contributed by atoms with Gasteiger partial charge in [-0.2, -0.15) is 0 Å². The first-order chi connectivity index (χ1) is 9.18. The van der Waals surface area contributed by atoms with Crippen molar-refractivity contribution in [3.8, 4) is 0 Å². The fourth-order valence-corrected chi connectivity index (χ4v) is 3.43. The summed E-state index contributed by atoms with van der Waals surface area (Å²) in [5.74, 6) is -0.424. The van der Waals surface area contributed by atoms with Gasteiger partial charge in [-0.25, -0.2) is 0 Å². The van der Waals surface area contributed by atoms with Gasteiger partial charge in [-0.05, 0) is 25.5 Å². The zero-order chi connectivity index (χ0) is 13.4. The van der Waals surface area contributed by atoms with E-state index in [1.807, 2.05) is 30.3 Å². The molecular weight excluding hydrogens is 240 g/mol. The monoisotopic (exact) mass is 258 g/mol. The second-order valence-corrected chi connectivity index (χ2v) is 5.42. The van der Waals surface area contributed by atoms with Gasteiger partial charge in [0.1, 0.15) is 11.7 Å². The van der Waals surface area contributed by atoms with Crippen LogP contribution >= 0.6 is 0 Å². The summed E-state index contributed by atoms with van der Waals surface area (Å²) in [7, 11) is 0. The van der Waals surface area contributed by atoms with E-state index in [2.05, 4.69) is 10.6 Å². The molecule has 2 heterocycles. The lowest BCUT2D eigenvalue weighted by molar-refractivity contribution is -0.138. The van der Waals surface area contributed by atoms with E-state index in [0.717, 1.165) is 18.5 Å². The molecule has 3 rings (SSSR count). The third-order valence-electron chi connectivity index (χ3n) is 4.28. The van der Waals surface area contributed by atoms with Crippen LogP contribution in [0, 0.1) is 11.8 Å². The van der Waals surface area contributed by atoms with E-state index in [9.17, 15) is 9.59 Å². The van der Waals surface area contributed by atoms with E-state index in [4.69, 9.17) is 0 Å². The number of benzene rings is 1. The Morgan fingerprint density at radius 3 is 2.68 bits per heavy atom. The lowest BCUT2D eigenvalue weighted by Crippen LogP contribution is -2.56. The maximum Gasteiger partial charge on any atom is 0.232 e. The Kier molecular flexibility index (Phi) is 3.11. The number of carbonyl (C=O) groups is 2. The highest BCUT2D eigenvalue weighted by atomic mass is 16.2. The third kappa shape index (κ3) is 2.06. The zero-order valence-electron chi connectivity index (χ0n) is 10.9. The Morgan fingerprint density at radius 1 is 1.26 bits per heavy atom. The summed E-state index contributed by atoms with van der Waals surface area (Å²) in [6, 6.07) is 10.0. The average molecular weight is 258 g/mol. The van der Waals surface area contributed by atoms with Gasteiger partial charge in [0.05, 0.1) is 6.04 Å². The Bertz CT molecular complexity index is 500. The van der Waals surface area contributed by atoms with Crippen molar-refractivity contribution in [2.75, 3.05) is 6.54 Å². The molecule has 4 heteroatoms. The molecule has 4 nitrogen and oxygen atoms in total. The summed E-state index contributed by atoms with van der Waals surface area (Å²) in [6.45, 7) is 2.38. The van der Waals surface area contributed by atoms with Gasteiger partial charge in [-0.15, -0.1) is 0 Å². The Balaban J connectivity index is 1.93. The number of rotatable bonds is 2. The summed E-state index contributed by atoms with van der Waals surface area (Å²) >= 11 is 0. The molecule has 0 radical (unpaired) electrons. The lowest BCUT2D eigenvalue weighted by Gasteiger charge is -2.38. The van der Waals surface area contributed by atoms with Crippen molar-refractivity contribution in [3.05, 3.63) is 35.9 Å². The van der Waals surface area contributed by atoms with Crippen LogP contribution in [0.5, 0.6) is 0 Å². The maximum absolute atomic E-state index is 12.2. The van der Waals surface area contributed by atoms with Crippen molar-refractivity contribution in [1.29, 1.82) is 0 Å². The second kappa shape index (κ2) is 4.78. The second-order valence-electron chi connectivity index (χ2n) is 5.42. The molecule has 1 aromatic rings. The van der Waals surface area contributed by atoms with Gasteiger partial charge in [0.15, 0.2) is 0 Å². The van der Waals surface area contributed by atoms with Gasteiger partial charge in [0.2, 0.25) is 5.91 Å². The standard InChI is InChI=1S/C15H18N2O2/c1-9(18)12-14-11(7-8-16-14)13(17-15(12)19)10-5-3-2-4-6-10/h2-6,11-14,16H,7-8H2,1H3,(H,17,19). The van der Waals surface area contributed by atoms with E-state index in [1.54, 1.807) is 0 Å². The summed E-state index contributed by atoms with van der Waals surface area (Å²) in [6.07, 6.45) is 0.994. The number of carbonyl (C=O) groups excluding carboxylic acids is 2. The van der Waals surface area contributed by atoms with E-state index in [-0.39, 0.29) is 23.8 Å². The molecule has 2 aliphatic heterocycles. The molecule has 2 saturated heterocycles. The molecule has 2 fully saturated rings. The van der Waals surface area contributed by atoms with Gasteiger partial charge in [0.25, 0.3) is 0 Å². The Hall–Kier alpha value is -1.68. The summed E-state index contributed by atoms with van der Waals surface area (Å²) < 4.78 is 0. The molecule has 100 valence electrons. The lowest BCUT2D eigenvalue weighted by atomic mass is 9.76. The maximum atomic E-state index is 12.2. The number of hydrogen-bond donors (Lipinski definition) is 2. The van der Waals surface area contributed by atoms with Crippen LogP contribution in [0.2, 0.25) is 0 Å². The van der Waals surface area contributed by atoms with Crippen LogP contribution in [-0.2, 0) is 9.59 Å². The number of piperidine rings is 1. The first-order valence-corrected chi connectivity index (χ1v) is 6.77. The highest BCUT2D eigenvalue weighted by Crippen LogP contribution is 2.37. The number of fused-ring (bicyclic) bond motifs is 1. The minimum Gasteiger partial charge on any atom is -0.348 e. The minimum absolute atomic E-state index is 0.0172. The zero-order valence-corrected chi connectivity index (χ0v) is 10.9. The average Bonchev–Trinajstić information content (AvgIpc) is 2.87. The topological polar surface area (TPSA) is 58.2 Å². The van der Waals surface area contributed by atoms with Crippen LogP contribution in [0.1, 0.15) is 24.9 Å². The number of nitrogens with one attached hydrogen (secondary N) is 2. The molecule has 4 unspecified atom stereocenters. The van der Waals surface area contributed by atoms with Gasteiger partial charge < -0.3 is 10.6 Å². The first-order valence-electron chi connectivity index (χ1n) is 6.77. The van der Waals surface area contributed by atoms with Crippen LogP contribution in [0.3, 0.4) is 0 Å². The Morgan fingerprint density at radius 2 is 2.00 bits per heavy atom. The molecule has 1 amide bonds. The van der Waals surface area contributed by atoms with Crippen molar-refractivity contribution in [3.63, 3.8) is 0 Å². The van der Waals surface area contributed by atoms with Crippen molar-refractivity contribution in [2.45, 2.75) is 25.4 Å². The van der Waals surface area contributed by atoms with Gasteiger partial charge in [-0.1, -0.05) is 30.3 Å². The Labute approximate surface area is 112 Å². The van der Waals surface area contributed by atoms with E-state index in [0.29, 0.717) is 5.92 Å². The van der Waals surface area contributed by atoms with Crippen LogP contribution in [0.4, 0.5) is 0 Å². The quantitative estimate of drug-likeness (QED) is 0.779. The highest BCUT2D eigenvalue weighted by molar-refractivity contribution is 6.02. The van der Waals surface area contributed by atoms with Crippen LogP contribution in [0.15, 0.2) is 30.3 Å². The molecule has 1 aromatic carbocycles. The van der Waals surface area contributed by atoms with Crippen molar-refractivity contribution in [1.82, 2.24) is 10.6 Å². The van der Waals surface area contributed by atoms with E-state index >= 15 is 0 Å². The van der Waals surface area contributed by atoms with Crippen LogP contribution < -0.4 is 10.6 Å². The molecule has 0 aliphatic carbocycles. The van der Waals surface area contributed by atoms with Crippen molar-refractivity contribution < 1.29 is 9.59 Å². The van der Waals surface area contributed by atoms with Gasteiger partial charge in [-0.3, -0.25) is 9.59 Å². The van der Waals surface area contributed by atoms with Gasteiger partial charge >= 0.3 is 0 Å². The molecule has 2 N–H and O–H groups in total. The van der Waals surface area contributed by atoms with Crippen LogP contribution in [-0.4, -0.2) is 24.3 Å². The SMILES string of the molecule is CC(=O)C1C(=O)NC(c2ccccc2)C2CCNC12. The van der Waals surface area contributed by atoms with E-state index < -0.39 is 5.92 Å². The van der Waals surface area contributed by atoms with Gasteiger partial charge in [0, 0.05) is 12.0 Å². The summed E-state index contributed by atoms with van der Waals surface area (Å²) in [4.78, 5) is 23.9. The number of ketones is 1. The van der Waals surface area contributed by atoms with Crippen molar-refractivity contribution in [2.24, 2.45) is 11.8 Å². The molecule has 0 aromatic heterocycles. The predicted molar refractivity (Wildman–Crippen MR) is 71.4 cm³/mol. The molecule has 0 saturated carbocycles. The minimum atomic E-state index is -0.535.